The van der Waals surface area contributed by atoms with Crippen molar-refractivity contribution in [3.8, 4) is 0 Å². The fourth-order valence-electron chi connectivity index (χ4n) is 2.38. The Balaban J connectivity index is 1.70. The minimum atomic E-state index is -1.40. The number of halogens is 1. The first-order chi connectivity index (χ1) is 11.7. The number of hydrogen-bond acceptors (Lipinski definition) is 5. The van der Waals surface area contributed by atoms with Crippen LogP contribution in [-0.2, 0) is 17.2 Å². The number of hydrogen-bond donors (Lipinski definition) is 1. The average Bonchev–Trinajstić information content (AvgIpc) is 3.04. The molecule has 8 heteroatoms. The van der Waals surface area contributed by atoms with Gasteiger partial charge in [-0.25, -0.2) is 9.37 Å². The molecule has 0 bridgehead atoms. The zero-order valence-electron chi connectivity index (χ0n) is 13.3. The Morgan fingerprint density at radius 3 is 2.96 bits per heavy atom. The smallest absolute Gasteiger partial charge is 0.254 e. The monoisotopic (exact) mass is 347 g/mol. The molecule has 0 spiro atoms. The molecule has 2 aromatic heterocycles. The van der Waals surface area contributed by atoms with Crippen LogP contribution in [0.4, 0.5) is 10.2 Å². The summed E-state index contributed by atoms with van der Waals surface area (Å²) in [6, 6.07) is 8.05. The fourth-order valence-corrected chi connectivity index (χ4v) is 3.41. The maximum absolute atomic E-state index is 13.7. The topological polar surface area (TPSA) is 72.2 Å². The maximum atomic E-state index is 13.7. The third-order valence-corrected chi connectivity index (χ3v) is 4.88. The highest BCUT2D eigenvalue weighted by Crippen LogP contribution is 2.14. The van der Waals surface area contributed by atoms with E-state index in [1.807, 2.05) is 6.07 Å². The summed E-state index contributed by atoms with van der Waals surface area (Å²) < 4.78 is 27.5. The van der Waals surface area contributed by atoms with Gasteiger partial charge in [0.15, 0.2) is 0 Å². The van der Waals surface area contributed by atoms with E-state index in [0.717, 1.165) is 24.4 Å². The van der Waals surface area contributed by atoms with Crippen LogP contribution in [0.5, 0.6) is 0 Å². The predicted molar refractivity (Wildman–Crippen MR) is 90.9 cm³/mol. The quantitative estimate of drug-likeness (QED) is 0.711. The molecule has 0 fully saturated rings. The molecule has 1 atom stereocenters. The lowest BCUT2D eigenvalue weighted by Gasteiger charge is -2.10. The van der Waals surface area contributed by atoms with Gasteiger partial charge in [0, 0.05) is 24.1 Å². The van der Waals surface area contributed by atoms with Gasteiger partial charge >= 0.3 is 0 Å². The highest BCUT2D eigenvalue weighted by atomic mass is 32.2. The summed E-state index contributed by atoms with van der Waals surface area (Å²) in [4.78, 5) is 8.77. The third kappa shape index (κ3) is 3.59. The van der Waals surface area contributed by atoms with E-state index >= 15 is 0 Å². The zero-order chi connectivity index (χ0) is 16.9. The molecule has 126 valence electrons. The molecule has 3 aromatic rings. The minimum absolute atomic E-state index is 0.228. The highest BCUT2D eigenvalue weighted by molar-refractivity contribution is 7.85. The van der Waals surface area contributed by atoms with Crippen molar-refractivity contribution in [3.63, 3.8) is 0 Å². The van der Waals surface area contributed by atoms with E-state index in [0.29, 0.717) is 18.1 Å². The first-order valence-corrected chi connectivity index (χ1v) is 9.07. The van der Waals surface area contributed by atoms with E-state index in [1.165, 1.54) is 12.4 Å². The average molecular weight is 347 g/mol. The van der Waals surface area contributed by atoms with Crippen LogP contribution in [0.2, 0.25) is 0 Å². The second-order valence-electron chi connectivity index (χ2n) is 5.26. The maximum Gasteiger partial charge on any atom is 0.254 e. The Bertz CT molecular complexity index is 867. The molecule has 0 saturated heterocycles. The third-order valence-electron chi connectivity index (χ3n) is 3.49. The van der Waals surface area contributed by atoms with Crippen LogP contribution >= 0.6 is 0 Å². The van der Waals surface area contributed by atoms with Crippen LogP contribution in [0.3, 0.4) is 0 Å². The summed E-state index contributed by atoms with van der Waals surface area (Å²) in [5.41, 5.74) is 0.927. The van der Waals surface area contributed by atoms with Crippen LogP contribution < -0.4 is 5.32 Å². The van der Waals surface area contributed by atoms with Gasteiger partial charge in [-0.05, 0) is 18.6 Å². The number of rotatable bonds is 7. The molecule has 0 aliphatic carbocycles. The van der Waals surface area contributed by atoms with Crippen LogP contribution in [0.15, 0.2) is 41.6 Å². The van der Waals surface area contributed by atoms with Crippen molar-refractivity contribution in [2.75, 3.05) is 17.6 Å². The van der Waals surface area contributed by atoms with Gasteiger partial charge in [-0.2, -0.15) is 14.6 Å². The lowest BCUT2D eigenvalue weighted by atomic mass is 10.2. The molecule has 2 heterocycles. The Hall–Kier alpha value is -2.35. The normalized spacial score (nSPS) is 12.4. The molecule has 0 amide bonds. The van der Waals surface area contributed by atoms with Gasteiger partial charge < -0.3 is 5.32 Å². The van der Waals surface area contributed by atoms with Crippen LogP contribution in [0.1, 0.15) is 19.0 Å². The minimum Gasteiger partial charge on any atom is -0.369 e. The summed E-state index contributed by atoms with van der Waals surface area (Å²) in [5.74, 6) is 1.12. The van der Waals surface area contributed by atoms with Crippen molar-refractivity contribution in [2.45, 2.75) is 24.7 Å². The number of nitrogens with zero attached hydrogens (tertiary/aromatic N) is 4. The van der Waals surface area contributed by atoms with Crippen molar-refractivity contribution in [3.05, 3.63) is 48.2 Å². The van der Waals surface area contributed by atoms with E-state index in [-0.39, 0.29) is 4.90 Å². The molecule has 24 heavy (non-hydrogen) atoms. The molecular formula is C16H18FN5OS. The zero-order valence-corrected chi connectivity index (χ0v) is 14.1. The van der Waals surface area contributed by atoms with E-state index in [1.54, 1.807) is 22.7 Å². The van der Waals surface area contributed by atoms with E-state index < -0.39 is 16.6 Å². The number of aromatic nitrogens is 4. The van der Waals surface area contributed by atoms with Gasteiger partial charge in [-0.1, -0.05) is 25.5 Å². The molecule has 0 aliphatic heterocycles. The van der Waals surface area contributed by atoms with Gasteiger partial charge in [0.05, 0.1) is 15.7 Å². The Kier molecular flexibility index (Phi) is 5.14. The lowest BCUT2D eigenvalue weighted by molar-refractivity contribution is 0.595. The Labute approximate surface area is 141 Å². The molecular weight excluding hydrogens is 329 g/mol. The Morgan fingerprint density at radius 1 is 1.33 bits per heavy atom. The van der Waals surface area contributed by atoms with E-state index in [9.17, 15) is 8.60 Å². The van der Waals surface area contributed by atoms with Crippen molar-refractivity contribution in [1.82, 2.24) is 19.6 Å². The lowest BCUT2D eigenvalue weighted by Crippen LogP contribution is -2.15. The molecule has 0 unspecified atom stereocenters. The Morgan fingerprint density at radius 2 is 2.17 bits per heavy atom. The second-order valence-corrected chi connectivity index (χ2v) is 6.80. The second kappa shape index (κ2) is 7.48. The molecule has 1 aromatic carbocycles. The van der Waals surface area contributed by atoms with Crippen molar-refractivity contribution >= 4 is 22.4 Å². The summed E-state index contributed by atoms with van der Waals surface area (Å²) in [5, 5.41) is 7.33. The first-order valence-electron chi connectivity index (χ1n) is 7.75. The SMILES string of the molecule is CCCc1cc(NCC[S@@](=O)c2ccccc2F)n2ncnc2n1. The van der Waals surface area contributed by atoms with Gasteiger partial charge in [0.25, 0.3) is 5.78 Å². The van der Waals surface area contributed by atoms with E-state index in [4.69, 9.17) is 0 Å². The largest absolute Gasteiger partial charge is 0.369 e. The van der Waals surface area contributed by atoms with Gasteiger partial charge in [0.2, 0.25) is 0 Å². The number of fused-ring (bicyclic) bond motifs is 1. The molecule has 0 aliphatic rings. The standard InChI is InChI=1S/C16H18FN5OS/c1-2-5-12-10-15(22-16(21-12)19-11-20-22)18-8-9-24(23)14-7-4-3-6-13(14)17/h3-4,6-7,10-11,18H,2,5,8-9H2,1H3/t24-/m1/s1. The van der Waals surface area contributed by atoms with Gasteiger partial charge in [-0.3, -0.25) is 4.21 Å². The number of anilines is 1. The van der Waals surface area contributed by atoms with Crippen LogP contribution in [0, 0.1) is 5.82 Å². The summed E-state index contributed by atoms with van der Waals surface area (Å²) in [6.45, 7) is 2.51. The van der Waals surface area contributed by atoms with Crippen molar-refractivity contribution in [1.29, 1.82) is 0 Å². The molecule has 0 radical (unpaired) electrons. The van der Waals surface area contributed by atoms with Crippen molar-refractivity contribution in [2.24, 2.45) is 0 Å². The summed E-state index contributed by atoms with van der Waals surface area (Å²) in [6.07, 6.45) is 3.27. The number of aryl methyl sites for hydroxylation is 1. The molecule has 0 saturated carbocycles. The predicted octanol–water partition coefficient (Wildman–Crippen LogP) is 2.44. The molecule has 1 N–H and O–H groups in total. The fraction of sp³-hybridized carbons (Fsp3) is 0.312. The summed E-state index contributed by atoms with van der Waals surface area (Å²) >= 11 is 0. The molecule has 6 nitrogen and oxygen atoms in total. The first kappa shape index (κ1) is 16.5. The number of benzene rings is 1. The van der Waals surface area contributed by atoms with E-state index in [2.05, 4.69) is 27.3 Å². The van der Waals surface area contributed by atoms with Gasteiger partial charge in [0.1, 0.15) is 18.0 Å². The van der Waals surface area contributed by atoms with Gasteiger partial charge in [-0.15, -0.1) is 0 Å². The van der Waals surface area contributed by atoms with Crippen LogP contribution in [-0.4, -0.2) is 36.1 Å². The number of nitrogens with one attached hydrogen (secondary N) is 1. The van der Waals surface area contributed by atoms with Crippen molar-refractivity contribution < 1.29 is 8.60 Å². The molecule has 3 rings (SSSR count). The summed E-state index contributed by atoms with van der Waals surface area (Å²) in [7, 11) is -1.40. The van der Waals surface area contributed by atoms with Crippen LogP contribution in [0.25, 0.3) is 5.78 Å². The highest BCUT2D eigenvalue weighted by Gasteiger charge is 2.10.